The van der Waals surface area contributed by atoms with E-state index in [1.807, 2.05) is 31.2 Å². The van der Waals surface area contributed by atoms with Gasteiger partial charge in [0.25, 0.3) is 5.91 Å². The number of benzene rings is 1. The summed E-state index contributed by atoms with van der Waals surface area (Å²) in [5, 5.41) is 3.25. The van der Waals surface area contributed by atoms with Gasteiger partial charge in [0, 0.05) is 6.54 Å². The third-order valence-corrected chi connectivity index (χ3v) is 3.11. The molecule has 116 valence electrons. The predicted octanol–water partition coefficient (Wildman–Crippen LogP) is 2.09. The number of nitrogens with one attached hydrogen (secondary N) is 3. The van der Waals surface area contributed by atoms with Gasteiger partial charge in [-0.25, -0.2) is 0 Å². The Morgan fingerprint density at radius 2 is 1.81 bits per heavy atom. The largest absolute Gasteiger partial charge is 0.481 e. The number of carbonyl (C=O) groups is 1. The second kappa shape index (κ2) is 8.46. The number of ether oxygens (including phenoxy) is 1. The molecule has 0 aromatic heterocycles. The fourth-order valence-electron chi connectivity index (χ4n) is 1.61. The Morgan fingerprint density at radius 3 is 2.33 bits per heavy atom. The zero-order valence-corrected chi connectivity index (χ0v) is 13.7. The second-order valence-corrected chi connectivity index (χ2v) is 5.37. The van der Waals surface area contributed by atoms with Gasteiger partial charge in [0.1, 0.15) is 5.75 Å². The summed E-state index contributed by atoms with van der Waals surface area (Å²) < 4.78 is 5.59. The van der Waals surface area contributed by atoms with E-state index in [2.05, 4.69) is 30.0 Å². The highest BCUT2D eigenvalue weighted by Crippen LogP contribution is 2.19. The lowest BCUT2D eigenvalue weighted by atomic mass is 10.0. The molecule has 1 rings (SSSR count). The van der Waals surface area contributed by atoms with Crippen LogP contribution in [0.4, 0.5) is 0 Å². The van der Waals surface area contributed by atoms with Gasteiger partial charge in [-0.15, -0.1) is 0 Å². The van der Waals surface area contributed by atoms with Crippen LogP contribution >= 0.6 is 12.2 Å². The monoisotopic (exact) mass is 309 g/mol. The Hall–Kier alpha value is -1.82. The molecule has 1 aromatic rings. The highest BCUT2D eigenvalue weighted by Gasteiger charge is 2.14. The average Bonchev–Trinajstić information content (AvgIpc) is 2.45. The van der Waals surface area contributed by atoms with E-state index in [0.717, 1.165) is 0 Å². The van der Waals surface area contributed by atoms with Crippen molar-refractivity contribution < 1.29 is 9.53 Å². The minimum atomic E-state index is -0.619. The van der Waals surface area contributed by atoms with Crippen LogP contribution < -0.4 is 20.9 Å². The maximum absolute atomic E-state index is 11.8. The van der Waals surface area contributed by atoms with E-state index in [4.69, 9.17) is 17.0 Å². The normalized spacial score (nSPS) is 11.7. The van der Waals surface area contributed by atoms with E-state index in [1.54, 1.807) is 6.92 Å². The Bertz CT molecular complexity index is 474. The molecule has 1 amide bonds. The Labute approximate surface area is 131 Å². The molecule has 6 heteroatoms. The zero-order valence-electron chi connectivity index (χ0n) is 12.9. The van der Waals surface area contributed by atoms with Gasteiger partial charge in [0.15, 0.2) is 11.2 Å². The average molecular weight is 309 g/mol. The summed E-state index contributed by atoms with van der Waals surface area (Å²) >= 11 is 4.95. The van der Waals surface area contributed by atoms with Crippen LogP contribution in [0, 0.1) is 0 Å². The second-order valence-electron chi connectivity index (χ2n) is 4.96. The number of carbonyl (C=O) groups excluding carboxylic acids is 1. The lowest BCUT2D eigenvalue weighted by Crippen LogP contribution is -2.50. The Balaban J connectivity index is 2.46. The summed E-state index contributed by atoms with van der Waals surface area (Å²) in [6.45, 7) is 8.55. The van der Waals surface area contributed by atoms with E-state index in [-0.39, 0.29) is 5.91 Å². The van der Waals surface area contributed by atoms with Crippen molar-refractivity contribution in [3.63, 3.8) is 0 Å². The van der Waals surface area contributed by atoms with Gasteiger partial charge in [-0.3, -0.25) is 15.6 Å². The van der Waals surface area contributed by atoms with E-state index in [1.165, 1.54) is 5.56 Å². The van der Waals surface area contributed by atoms with Gasteiger partial charge in [-0.2, -0.15) is 0 Å². The minimum absolute atomic E-state index is 0.289. The van der Waals surface area contributed by atoms with Crippen LogP contribution in [-0.4, -0.2) is 23.7 Å². The van der Waals surface area contributed by atoms with Crippen molar-refractivity contribution in [3.05, 3.63) is 29.8 Å². The van der Waals surface area contributed by atoms with Crippen molar-refractivity contribution >= 4 is 23.2 Å². The van der Waals surface area contributed by atoms with Gasteiger partial charge < -0.3 is 10.1 Å². The van der Waals surface area contributed by atoms with E-state index >= 15 is 0 Å². The molecular weight excluding hydrogens is 286 g/mol. The Kier molecular flexibility index (Phi) is 6.94. The third-order valence-electron chi connectivity index (χ3n) is 2.87. The first-order valence-electron chi connectivity index (χ1n) is 7.04. The first-order chi connectivity index (χ1) is 9.93. The summed E-state index contributed by atoms with van der Waals surface area (Å²) in [6.07, 6.45) is -0.619. The van der Waals surface area contributed by atoms with Crippen LogP contribution in [0.2, 0.25) is 0 Å². The summed E-state index contributed by atoms with van der Waals surface area (Å²) in [7, 11) is 0. The molecule has 0 aliphatic rings. The standard InChI is InChI=1S/C15H23N3O2S/c1-5-16-15(21)18-17-14(19)11(4)20-13-8-6-12(7-9-13)10(2)3/h6-11H,5H2,1-4H3,(H,17,19)(H2,16,18,21)/t11-/m0/s1. The molecule has 0 aliphatic carbocycles. The van der Waals surface area contributed by atoms with Crippen molar-refractivity contribution in [3.8, 4) is 5.75 Å². The smallest absolute Gasteiger partial charge is 0.279 e. The van der Waals surface area contributed by atoms with Gasteiger partial charge in [-0.05, 0) is 49.7 Å². The molecule has 3 N–H and O–H groups in total. The maximum Gasteiger partial charge on any atom is 0.279 e. The molecule has 0 bridgehead atoms. The molecule has 0 heterocycles. The minimum Gasteiger partial charge on any atom is -0.481 e. The van der Waals surface area contributed by atoms with Crippen LogP contribution in [0.5, 0.6) is 5.75 Å². The van der Waals surface area contributed by atoms with Crippen molar-refractivity contribution in [2.45, 2.75) is 39.7 Å². The highest BCUT2D eigenvalue weighted by atomic mass is 32.1. The quantitative estimate of drug-likeness (QED) is 0.574. The number of hydrazine groups is 1. The fraction of sp³-hybridized carbons (Fsp3) is 0.467. The van der Waals surface area contributed by atoms with Crippen molar-refractivity contribution in [2.24, 2.45) is 0 Å². The van der Waals surface area contributed by atoms with Gasteiger partial charge in [0.05, 0.1) is 0 Å². The van der Waals surface area contributed by atoms with Crippen molar-refractivity contribution in [1.82, 2.24) is 16.2 Å². The number of amides is 1. The molecule has 0 radical (unpaired) electrons. The fourth-order valence-corrected chi connectivity index (χ4v) is 1.81. The molecular formula is C15H23N3O2S. The maximum atomic E-state index is 11.8. The molecule has 1 atom stereocenters. The summed E-state index contributed by atoms with van der Waals surface area (Å²) in [5.41, 5.74) is 6.35. The van der Waals surface area contributed by atoms with Crippen LogP contribution in [0.3, 0.4) is 0 Å². The summed E-state index contributed by atoms with van der Waals surface area (Å²) in [5.74, 6) is 0.843. The molecule has 21 heavy (non-hydrogen) atoms. The van der Waals surface area contributed by atoms with Crippen molar-refractivity contribution in [1.29, 1.82) is 0 Å². The summed E-state index contributed by atoms with van der Waals surface area (Å²) in [6, 6.07) is 7.75. The molecule has 0 unspecified atom stereocenters. The lowest BCUT2D eigenvalue weighted by molar-refractivity contribution is -0.127. The molecule has 0 aliphatic heterocycles. The number of hydrogen-bond donors (Lipinski definition) is 3. The van der Waals surface area contributed by atoms with Crippen LogP contribution in [0.15, 0.2) is 24.3 Å². The van der Waals surface area contributed by atoms with Gasteiger partial charge >= 0.3 is 0 Å². The SMILES string of the molecule is CCNC(=S)NNC(=O)[C@H](C)Oc1ccc(C(C)C)cc1. The Morgan fingerprint density at radius 1 is 1.19 bits per heavy atom. The van der Waals surface area contributed by atoms with E-state index in [0.29, 0.717) is 23.3 Å². The van der Waals surface area contributed by atoms with Crippen LogP contribution in [0.1, 0.15) is 39.2 Å². The molecule has 1 aromatic carbocycles. The molecule has 0 fully saturated rings. The van der Waals surface area contributed by atoms with E-state index in [9.17, 15) is 4.79 Å². The van der Waals surface area contributed by atoms with Gasteiger partial charge in [-0.1, -0.05) is 26.0 Å². The summed E-state index contributed by atoms with van der Waals surface area (Å²) in [4.78, 5) is 11.8. The number of rotatable bonds is 5. The first kappa shape index (κ1) is 17.2. The first-order valence-corrected chi connectivity index (χ1v) is 7.45. The molecule has 0 spiro atoms. The topological polar surface area (TPSA) is 62.4 Å². The predicted molar refractivity (Wildman–Crippen MR) is 88.2 cm³/mol. The van der Waals surface area contributed by atoms with E-state index < -0.39 is 6.10 Å². The zero-order chi connectivity index (χ0) is 15.8. The lowest BCUT2D eigenvalue weighted by Gasteiger charge is -2.16. The van der Waals surface area contributed by atoms with Gasteiger partial charge in [0.2, 0.25) is 0 Å². The molecule has 5 nitrogen and oxygen atoms in total. The molecule has 0 saturated heterocycles. The number of thiocarbonyl (C=S) groups is 1. The highest BCUT2D eigenvalue weighted by molar-refractivity contribution is 7.80. The van der Waals surface area contributed by atoms with Crippen LogP contribution in [-0.2, 0) is 4.79 Å². The van der Waals surface area contributed by atoms with Crippen LogP contribution in [0.25, 0.3) is 0 Å². The van der Waals surface area contributed by atoms with Crippen molar-refractivity contribution in [2.75, 3.05) is 6.54 Å². The number of hydrogen-bond acceptors (Lipinski definition) is 3. The third kappa shape index (κ3) is 5.99. The molecule has 0 saturated carbocycles.